The fourth-order valence-electron chi connectivity index (χ4n) is 4.25. The molecule has 2 aromatic carbocycles. The third-order valence-electron chi connectivity index (χ3n) is 5.96. The Morgan fingerprint density at radius 2 is 1.54 bits per heavy atom. The molecule has 0 saturated carbocycles. The number of ether oxygens (including phenoxy) is 3. The van der Waals surface area contributed by atoms with Crippen LogP contribution >= 0.6 is 0 Å². The maximum atomic E-state index is 13.4. The van der Waals surface area contributed by atoms with Crippen LogP contribution in [-0.4, -0.2) is 35.3 Å². The fraction of sp³-hybridized carbons (Fsp3) is 0.310. The molecule has 0 saturated heterocycles. The van der Waals surface area contributed by atoms with Crippen LogP contribution in [0.1, 0.15) is 36.8 Å². The third-order valence-corrected chi connectivity index (χ3v) is 5.96. The molecule has 0 aromatic heterocycles. The Hall–Kier alpha value is -3.80. The molecule has 0 radical (unpaired) electrons. The summed E-state index contributed by atoms with van der Waals surface area (Å²) in [4.78, 5) is 27.4. The van der Waals surface area contributed by atoms with Gasteiger partial charge in [0, 0.05) is 0 Å². The quantitative estimate of drug-likeness (QED) is 0.271. The van der Waals surface area contributed by atoms with E-state index in [2.05, 4.69) is 13.2 Å². The van der Waals surface area contributed by atoms with E-state index < -0.39 is 23.8 Å². The largest absolute Gasteiger partial charge is 0.508 e. The summed E-state index contributed by atoms with van der Waals surface area (Å²) in [6.07, 6.45) is 8.85. The minimum absolute atomic E-state index is 0.00855. The summed E-state index contributed by atoms with van der Waals surface area (Å²) in [7, 11) is 0. The van der Waals surface area contributed by atoms with Gasteiger partial charge in [-0.2, -0.15) is 0 Å². The lowest BCUT2D eigenvalue weighted by atomic mass is 9.82. The van der Waals surface area contributed by atoms with Gasteiger partial charge in [-0.1, -0.05) is 85.0 Å². The number of benzene rings is 2. The molecule has 1 heterocycles. The third kappa shape index (κ3) is 7.34. The van der Waals surface area contributed by atoms with Crippen LogP contribution in [0.5, 0.6) is 0 Å². The zero-order valence-corrected chi connectivity index (χ0v) is 20.0. The monoisotopic (exact) mass is 475 g/mol. The van der Waals surface area contributed by atoms with Crippen molar-refractivity contribution in [3.05, 3.63) is 109 Å². The maximum Gasteiger partial charge on any atom is 0.508 e. The summed E-state index contributed by atoms with van der Waals surface area (Å²) < 4.78 is 16.4. The molecule has 1 aliphatic heterocycles. The zero-order valence-electron chi connectivity index (χ0n) is 20.0. The first-order valence-electron chi connectivity index (χ1n) is 11.8. The fourth-order valence-corrected chi connectivity index (χ4v) is 4.25. The first-order valence-corrected chi connectivity index (χ1v) is 11.8. The molecular weight excluding hydrogens is 442 g/mol. The number of rotatable bonds is 11. The number of amides is 1. The lowest BCUT2D eigenvalue weighted by molar-refractivity contribution is -0.00659. The molecule has 35 heavy (non-hydrogen) atoms. The molecule has 2 aromatic rings. The normalized spacial score (nSPS) is 19.0. The Balaban J connectivity index is 1.72. The smallest absolute Gasteiger partial charge is 0.445 e. The van der Waals surface area contributed by atoms with E-state index in [0.29, 0.717) is 25.7 Å². The van der Waals surface area contributed by atoms with E-state index in [4.69, 9.17) is 14.2 Å². The van der Waals surface area contributed by atoms with Crippen molar-refractivity contribution in [2.24, 2.45) is 0 Å². The molecule has 0 spiro atoms. The van der Waals surface area contributed by atoms with Gasteiger partial charge in [0.05, 0.1) is 11.6 Å². The van der Waals surface area contributed by atoms with E-state index in [1.807, 2.05) is 78.9 Å². The Morgan fingerprint density at radius 1 is 0.914 bits per heavy atom. The van der Waals surface area contributed by atoms with Gasteiger partial charge in [0.1, 0.15) is 19.8 Å². The number of carbonyl (C=O) groups excluding carboxylic acids is 2. The lowest BCUT2D eigenvalue weighted by Crippen LogP contribution is -2.58. The highest BCUT2D eigenvalue weighted by Gasteiger charge is 2.43. The molecule has 1 amide bonds. The van der Waals surface area contributed by atoms with Gasteiger partial charge in [0.15, 0.2) is 0 Å². The van der Waals surface area contributed by atoms with Crippen LogP contribution < -0.4 is 0 Å². The second-order valence-electron chi connectivity index (χ2n) is 8.46. The van der Waals surface area contributed by atoms with Gasteiger partial charge in [-0.3, -0.25) is 4.90 Å². The van der Waals surface area contributed by atoms with Crippen molar-refractivity contribution in [3.8, 4) is 0 Å². The van der Waals surface area contributed by atoms with Gasteiger partial charge in [0.2, 0.25) is 0 Å². The highest BCUT2D eigenvalue weighted by Crippen LogP contribution is 2.36. The summed E-state index contributed by atoms with van der Waals surface area (Å²) in [6, 6.07) is 18.5. The predicted octanol–water partition coefficient (Wildman–Crippen LogP) is 6.59. The van der Waals surface area contributed by atoms with Gasteiger partial charge >= 0.3 is 12.2 Å². The first-order chi connectivity index (χ1) is 17.1. The van der Waals surface area contributed by atoms with Crippen LogP contribution in [0, 0.1) is 0 Å². The lowest BCUT2D eigenvalue weighted by Gasteiger charge is -2.47. The molecule has 0 bridgehead atoms. The second kappa shape index (κ2) is 13.2. The average molecular weight is 476 g/mol. The van der Waals surface area contributed by atoms with Crippen LogP contribution in [0.2, 0.25) is 0 Å². The van der Waals surface area contributed by atoms with E-state index in [1.165, 1.54) is 0 Å². The Morgan fingerprint density at radius 3 is 2.14 bits per heavy atom. The average Bonchev–Trinajstić information content (AvgIpc) is 2.89. The SMILES string of the molecule is C=CCC[C@]1(CC=C)C=CC[C@H](COC(=O)OCc2ccccc2)N1C(=O)OCc1ccccc1. The van der Waals surface area contributed by atoms with Crippen molar-refractivity contribution in [2.75, 3.05) is 6.61 Å². The molecule has 3 rings (SSSR count). The molecule has 1 aliphatic rings. The number of nitrogens with zero attached hydrogens (tertiary/aromatic N) is 1. The van der Waals surface area contributed by atoms with Gasteiger partial charge in [-0.05, 0) is 36.8 Å². The Kier molecular flexibility index (Phi) is 9.72. The van der Waals surface area contributed by atoms with Crippen molar-refractivity contribution >= 4 is 12.2 Å². The summed E-state index contributed by atoms with van der Waals surface area (Å²) >= 11 is 0. The molecule has 0 unspecified atom stereocenters. The van der Waals surface area contributed by atoms with Crippen molar-refractivity contribution in [1.29, 1.82) is 0 Å². The number of hydrogen-bond acceptors (Lipinski definition) is 5. The van der Waals surface area contributed by atoms with Gasteiger partial charge in [-0.25, -0.2) is 9.59 Å². The summed E-state index contributed by atoms with van der Waals surface area (Å²) in [5, 5.41) is 0. The van der Waals surface area contributed by atoms with E-state index in [0.717, 1.165) is 11.1 Å². The summed E-state index contributed by atoms with van der Waals surface area (Å²) in [5.41, 5.74) is 1.11. The Labute approximate surface area is 207 Å². The highest BCUT2D eigenvalue weighted by molar-refractivity contribution is 5.70. The molecule has 6 nitrogen and oxygen atoms in total. The number of carbonyl (C=O) groups is 2. The molecule has 2 atom stereocenters. The van der Waals surface area contributed by atoms with Gasteiger partial charge in [0.25, 0.3) is 0 Å². The molecule has 6 heteroatoms. The van der Waals surface area contributed by atoms with Crippen molar-refractivity contribution in [1.82, 2.24) is 4.90 Å². The number of allylic oxidation sites excluding steroid dienone is 1. The topological polar surface area (TPSA) is 65.1 Å². The summed E-state index contributed by atoms with van der Waals surface area (Å²) in [6.45, 7) is 8.00. The zero-order chi connectivity index (χ0) is 24.9. The maximum absolute atomic E-state index is 13.4. The minimum Gasteiger partial charge on any atom is -0.445 e. The van der Waals surface area contributed by atoms with Crippen LogP contribution in [0.15, 0.2) is 98.1 Å². The van der Waals surface area contributed by atoms with Crippen LogP contribution in [0.4, 0.5) is 9.59 Å². The van der Waals surface area contributed by atoms with Crippen LogP contribution in [0.25, 0.3) is 0 Å². The van der Waals surface area contributed by atoms with E-state index in [-0.39, 0.29) is 19.8 Å². The van der Waals surface area contributed by atoms with Gasteiger partial charge in [-0.15, -0.1) is 13.2 Å². The molecule has 0 N–H and O–H groups in total. The van der Waals surface area contributed by atoms with E-state index >= 15 is 0 Å². The van der Waals surface area contributed by atoms with Crippen LogP contribution in [-0.2, 0) is 27.4 Å². The second-order valence-corrected chi connectivity index (χ2v) is 8.46. The Bertz CT molecular complexity index is 1000. The van der Waals surface area contributed by atoms with E-state index in [1.54, 1.807) is 11.0 Å². The highest BCUT2D eigenvalue weighted by atomic mass is 16.7. The summed E-state index contributed by atoms with van der Waals surface area (Å²) in [5.74, 6) is 0. The number of hydrogen-bond donors (Lipinski definition) is 0. The van der Waals surface area contributed by atoms with E-state index in [9.17, 15) is 9.59 Å². The van der Waals surface area contributed by atoms with Crippen molar-refractivity contribution in [3.63, 3.8) is 0 Å². The van der Waals surface area contributed by atoms with Crippen LogP contribution in [0.3, 0.4) is 0 Å². The molecule has 0 fully saturated rings. The van der Waals surface area contributed by atoms with Crippen molar-refractivity contribution < 1.29 is 23.8 Å². The van der Waals surface area contributed by atoms with Gasteiger partial charge < -0.3 is 14.2 Å². The van der Waals surface area contributed by atoms with Crippen molar-refractivity contribution in [2.45, 2.75) is 50.5 Å². The molecule has 184 valence electrons. The standard InChI is InChI=1S/C29H33NO5/c1-3-5-19-29(18-4-2)20-12-17-26(23-35-28(32)34-22-25-15-10-7-11-16-25)30(29)27(31)33-21-24-13-8-6-9-14-24/h3-4,6-16,20,26H,1-2,5,17-19,21-23H2/t26-,29-/m1/s1. The minimum atomic E-state index is -0.776. The predicted molar refractivity (Wildman–Crippen MR) is 136 cm³/mol. The first kappa shape index (κ1) is 25.8. The molecular formula is C29H33NO5. The molecule has 0 aliphatic carbocycles.